The van der Waals surface area contributed by atoms with E-state index in [0.29, 0.717) is 18.4 Å². The molecule has 3 N–H and O–H groups in total. The highest BCUT2D eigenvalue weighted by atomic mass is 32.2. The van der Waals surface area contributed by atoms with Crippen molar-refractivity contribution in [2.75, 3.05) is 24.6 Å². The normalized spacial score (nSPS) is 25.7. The van der Waals surface area contributed by atoms with E-state index in [1.54, 1.807) is 0 Å². The molecule has 3 aliphatic rings. The van der Waals surface area contributed by atoms with Crippen LogP contribution in [0.1, 0.15) is 29.9 Å². The minimum absolute atomic E-state index is 0.0347. The highest BCUT2D eigenvalue weighted by Gasteiger charge is 2.42. The van der Waals surface area contributed by atoms with Crippen molar-refractivity contribution in [1.82, 2.24) is 4.72 Å². The molecule has 160 valence electrons. The van der Waals surface area contributed by atoms with Crippen molar-refractivity contribution >= 4 is 17.0 Å². The van der Waals surface area contributed by atoms with Crippen LogP contribution < -0.4 is 20.1 Å². The number of hydrogen-bond donors (Lipinski definition) is 2. The lowest BCUT2D eigenvalue weighted by molar-refractivity contribution is 0.238. The molecular weight excluding hydrogens is 398 g/mol. The van der Waals surface area contributed by atoms with E-state index in [1.807, 2.05) is 6.07 Å². The first-order valence-electron chi connectivity index (χ1n) is 10.7. The molecule has 2 fully saturated rings. The summed E-state index contributed by atoms with van der Waals surface area (Å²) in [4.78, 5) is 2.33. The van der Waals surface area contributed by atoms with E-state index >= 15 is 0 Å². The van der Waals surface area contributed by atoms with Crippen molar-refractivity contribution < 1.29 is 13.5 Å². The number of anilines is 1. The minimum atomic E-state index is -2.20. The van der Waals surface area contributed by atoms with Crippen LogP contribution in [0.4, 0.5) is 5.69 Å². The molecule has 2 aliphatic heterocycles. The molecule has 1 aliphatic carbocycles. The highest BCUT2D eigenvalue weighted by Crippen LogP contribution is 2.42. The average molecular weight is 427 g/mol. The Kier molecular flexibility index (Phi) is 5.54. The lowest BCUT2D eigenvalue weighted by atomic mass is 9.83. The van der Waals surface area contributed by atoms with Crippen LogP contribution in [0.25, 0.3) is 0 Å². The molecular formula is C23H28N3O3S-. The largest absolute Gasteiger partial charge is 0.760 e. The summed E-state index contributed by atoms with van der Waals surface area (Å²) in [6.07, 6.45) is 3.15. The first-order chi connectivity index (χ1) is 14.6. The van der Waals surface area contributed by atoms with E-state index in [2.05, 4.69) is 52.1 Å². The summed E-state index contributed by atoms with van der Waals surface area (Å²) in [7, 11) is 0. The minimum Gasteiger partial charge on any atom is -0.760 e. The van der Waals surface area contributed by atoms with Crippen LogP contribution >= 0.6 is 0 Å². The molecule has 4 atom stereocenters. The number of nitrogens with one attached hydrogen (secondary N) is 1. The van der Waals surface area contributed by atoms with Crippen LogP contribution in [0.5, 0.6) is 5.75 Å². The van der Waals surface area contributed by atoms with E-state index in [-0.39, 0.29) is 18.0 Å². The van der Waals surface area contributed by atoms with Crippen molar-refractivity contribution in [1.29, 1.82) is 0 Å². The van der Waals surface area contributed by atoms with E-state index in [0.717, 1.165) is 38.1 Å². The molecule has 0 amide bonds. The first-order valence-corrected chi connectivity index (χ1v) is 11.8. The van der Waals surface area contributed by atoms with Crippen LogP contribution in [0.2, 0.25) is 0 Å². The molecule has 30 heavy (non-hydrogen) atoms. The van der Waals surface area contributed by atoms with Gasteiger partial charge in [0.15, 0.2) is 0 Å². The second kappa shape index (κ2) is 8.30. The van der Waals surface area contributed by atoms with Gasteiger partial charge in [-0.3, -0.25) is 4.21 Å². The van der Waals surface area contributed by atoms with Crippen molar-refractivity contribution in [2.24, 2.45) is 17.6 Å². The fraction of sp³-hybridized carbons (Fsp3) is 0.478. The van der Waals surface area contributed by atoms with Gasteiger partial charge in [-0.25, -0.2) is 4.72 Å². The number of ether oxygens (including phenoxy) is 1. The maximum atomic E-state index is 11.2. The van der Waals surface area contributed by atoms with Crippen molar-refractivity contribution in [3.05, 3.63) is 59.7 Å². The molecule has 0 aromatic heterocycles. The summed E-state index contributed by atoms with van der Waals surface area (Å²) in [6, 6.07) is 16.9. The lowest BCUT2D eigenvalue weighted by Gasteiger charge is -2.46. The second-order valence-electron chi connectivity index (χ2n) is 8.87. The number of benzene rings is 2. The Balaban J connectivity index is 1.32. The summed E-state index contributed by atoms with van der Waals surface area (Å²) in [5.41, 5.74) is 10.1. The Morgan fingerprint density at radius 2 is 1.93 bits per heavy atom. The Hall–Kier alpha value is -1.93. The van der Waals surface area contributed by atoms with Crippen molar-refractivity contribution in [2.45, 2.75) is 37.3 Å². The van der Waals surface area contributed by atoms with Gasteiger partial charge in [-0.2, -0.15) is 0 Å². The fourth-order valence-corrected chi connectivity index (χ4v) is 5.52. The third-order valence-electron chi connectivity index (χ3n) is 6.78. The van der Waals surface area contributed by atoms with Gasteiger partial charge >= 0.3 is 0 Å². The second-order valence-corrected chi connectivity index (χ2v) is 9.58. The number of hydrogen-bond acceptors (Lipinski definition) is 5. The van der Waals surface area contributed by atoms with Gasteiger partial charge in [0.1, 0.15) is 12.4 Å². The summed E-state index contributed by atoms with van der Waals surface area (Å²) in [6.45, 7) is 2.29. The topological polar surface area (TPSA) is 90.7 Å². The number of fused-ring (bicyclic) bond motifs is 1. The lowest BCUT2D eigenvalue weighted by Crippen LogP contribution is -2.57. The van der Waals surface area contributed by atoms with Gasteiger partial charge in [0.2, 0.25) is 0 Å². The molecule has 4 unspecified atom stereocenters. The first kappa shape index (κ1) is 20.0. The van der Waals surface area contributed by atoms with Crippen LogP contribution in [-0.2, 0) is 17.7 Å². The van der Waals surface area contributed by atoms with E-state index < -0.39 is 11.3 Å². The van der Waals surface area contributed by atoms with Crippen LogP contribution in [-0.4, -0.2) is 40.5 Å². The molecule has 0 spiro atoms. The van der Waals surface area contributed by atoms with Crippen LogP contribution in [0, 0.1) is 11.8 Å². The molecule has 5 rings (SSSR count). The standard InChI is InChI=1S/C23H29N3O3S/c24-21-14-29-22-9-8-18(11-20(22)19(21)10-15-4-2-1-3-5-15)26-12-17(13-26)23(16-6-7-16)25-30(27)28/h1-5,8-9,11,16-17,19,21,23,25H,6-7,10,12-14,24H2,(H,27,28)/p-1. The average Bonchev–Trinajstić information content (AvgIpc) is 3.54. The SMILES string of the molecule is NC1COc2ccc(N3CC(C(NS(=O)[O-])C4CC4)C3)cc2C1Cc1ccccc1. The number of nitrogens with zero attached hydrogens (tertiary/aromatic N) is 1. The zero-order valence-electron chi connectivity index (χ0n) is 16.9. The maximum absolute atomic E-state index is 11.2. The van der Waals surface area contributed by atoms with Gasteiger partial charge < -0.3 is 19.9 Å². The zero-order valence-corrected chi connectivity index (χ0v) is 17.7. The van der Waals surface area contributed by atoms with Crippen molar-refractivity contribution in [3.8, 4) is 5.75 Å². The molecule has 7 heteroatoms. The maximum Gasteiger partial charge on any atom is 0.123 e. The predicted octanol–water partition coefficient (Wildman–Crippen LogP) is 2.33. The fourth-order valence-electron chi connectivity index (χ4n) is 4.91. The smallest absolute Gasteiger partial charge is 0.123 e. The zero-order chi connectivity index (χ0) is 20.7. The molecule has 6 nitrogen and oxygen atoms in total. The molecule has 2 aromatic rings. The molecule has 0 bridgehead atoms. The van der Waals surface area contributed by atoms with Crippen LogP contribution in [0.3, 0.4) is 0 Å². The number of nitrogens with two attached hydrogens (primary N) is 1. The van der Waals surface area contributed by atoms with E-state index in [1.165, 1.54) is 16.8 Å². The Labute approximate surface area is 180 Å². The Bertz CT molecular complexity index is 915. The third-order valence-corrected chi connectivity index (χ3v) is 7.25. The van der Waals surface area contributed by atoms with Crippen LogP contribution in [0.15, 0.2) is 48.5 Å². The molecule has 1 saturated heterocycles. The molecule has 2 aromatic carbocycles. The van der Waals surface area contributed by atoms with Gasteiger partial charge in [0.25, 0.3) is 0 Å². The summed E-state index contributed by atoms with van der Waals surface area (Å²) in [5.74, 6) is 2.01. The summed E-state index contributed by atoms with van der Waals surface area (Å²) >= 11 is -2.20. The van der Waals surface area contributed by atoms with E-state index in [4.69, 9.17) is 10.5 Å². The van der Waals surface area contributed by atoms with Gasteiger partial charge in [-0.1, -0.05) is 30.3 Å². The van der Waals surface area contributed by atoms with Gasteiger partial charge in [0.05, 0.1) is 0 Å². The van der Waals surface area contributed by atoms with Gasteiger partial charge in [0, 0.05) is 59.5 Å². The summed E-state index contributed by atoms with van der Waals surface area (Å²) < 4.78 is 31.0. The molecule has 2 heterocycles. The summed E-state index contributed by atoms with van der Waals surface area (Å²) in [5, 5.41) is 0. The monoisotopic (exact) mass is 426 g/mol. The molecule has 0 radical (unpaired) electrons. The Morgan fingerprint density at radius 3 is 2.63 bits per heavy atom. The van der Waals surface area contributed by atoms with E-state index in [9.17, 15) is 8.76 Å². The number of rotatable bonds is 7. The Morgan fingerprint density at radius 1 is 1.17 bits per heavy atom. The highest BCUT2D eigenvalue weighted by molar-refractivity contribution is 7.77. The molecule has 1 saturated carbocycles. The quantitative estimate of drug-likeness (QED) is 0.663. The van der Waals surface area contributed by atoms with Crippen molar-refractivity contribution in [3.63, 3.8) is 0 Å². The third kappa shape index (κ3) is 4.12. The predicted molar refractivity (Wildman–Crippen MR) is 117 cm³/mol. The van der Waals surface area contributed by atoms with Gasteiger partial charge in [-0.15, -0.1) is 0 Å². The van der Waals surface area contributed by atoms with Gasteiger partial charge in [-0.05, 0) is 48.9 Å².